The number of hydrogen-bond acceptors (Lipinski definition) is 6. The Morgan fingerprint density at radius 3 is 2.72 bits per heavy atom. The monoisotopic (exact) mass is 407 g/mol. The van der Waals surface area contributed by atoms with Gasteiger partial charge in [-0.2, -0.15) is 0 Å². The number of nitrogens with zero attached hydrogens (tertiary/aromatic N) is 3. The van der Waals surface area contributed by atoms with Crippen molar-refractivity contribution < 1.29 is 9.26 Å². The summed E-state index contributed by atoms with van der Waals surface area (Å²) in [6.07, 6.45) is 0.742. The summed E-state index contributed by atoms with van der Waals surface area (Å²) < 4.78 is 12.3. The minimum atomic E-state index is -0.0284. The second-order valence-electron chi connectivity index (χ2n) is 6.55. The van der Waals surface area contributed by atoms with Crippen molar-refractivity contribution in [1.29, 1.82) is 0 Å². The van der Waals surface area contributed by atoms with Crippen LogP contribution in [0.15, 0.2) is 75.1 Å². The number of rotatable bonds is 8. The molecule has 2 aromatic carbocycles. The molecule has 0 N–H and O–H groups in total. The van der Waals surface area contributed by atoms with E-state index in [0.29, 0.717) is 35.0 Å². The van der Waals surface area contributed by atoms with Crippen LogP contribution in [-0.2, 0) is 17.0 Å². The van der Waals surface area contributed by atoms with Gasteiger partial charge in [-0.3, -0.25) is 9.36 Å². The molecule has 0 unspecified atom stereocenters. The van der Waals surface area contributed by atoms with Crippen molar-refractivity contribution in [1.82, 2.24) is 14.7 Å². The minimum absolute atomic E-state index is 0.0284. The third-order valence-corrected chi connectivity index (χ3v) is 5.53. The van der Waals surface area contributed by atoms with Gasteiger partial charge in [0.1, 0.15) is 0 Å². The second-order valence-corrected chi connectivity index (χ2v) is 7.49. The molecule has 4 aromatic rings. The van der Waals surface area contributed by atoms with Gasteiger partial charge in [-0.15, -0.1) is 0 Å². The first kappa shape index (κ1) is 19.4. The Morgan fingerprint density at radius 1 is 1.10 bits per heavy atom. The molecule has 2 aromatic heterocycles. The van der Waals surface area contributed by atoms with Crippen molar-refractivity contribution >= 4 is 22.7 Å². The third-order valence-electron chi connectivity index (χ3n) is 4.52. The van der Waals surface area contributed by atoms with Crippen LogP contribution >= 0.6 is 11.8 Å². The van der Waals surface area contributed by atoms with E-state index in [1.807, 2.05) is 60.7 Å². The Labute approximate surface area is 172 Å². The van der Waals surface area contributed by atoms with E-state index < -0.39 is 0 Å². The largest absolute Gasteiger partial charge is 0.385 e. The Kier molecular flexibility index (Phi) is 6.07. The first-order valence-corrected chi connectivity index (χ1v) is 10.4. The van der Waals surface area contributed by atoms with Crippen LogP contribution in [0.3, 0.4) is 0 Å². The summed E-state index contributed by atoms with van der Waals surface area (Å²) >= 11 is 1.48. The minimum Gasteiger partial charge on any atom is -0.385 e. The molecule has 6 nitrogen and oxygen atoms in total. The number of methoxy groups -OCH3 is 1. The van der Waals surface area contributed by atoms with Gasteiger partial charge in [-0.05, 0) is 18.6 Å². The maximum absolute atomic E-state index is 13.0. The molecule has 0 aliphatic carbocycles. The van der Waals surface area contributed by atoms with E-state index >= 15 is 0 Å². The Bertz CT molecular complexity index is 1150. The first-order chi connectivity index (χ1) is 14.3. The van der Waals surface area contributed by atoms with Crippen molar-refractivity contribution in [3.05, 3.63) is 76.7 Å². The van der Waals surface area contributed by atoms with Crippen LogP contribution in [-0.4, -0.2) is 28.4 Å². The van der Waals surface area contributed by atoms with E-state index in [9.17, 15) is 4.79 Å². The van der Waals surface area contributed by atoms with Crippen LogP contribution in [0.4, 0.5) is 0 Å². The Balaban J connectivity index is 1.59. The molecular weight excluding hydrogens is 386 g/mol. The molecule has 7 heteroatoms. The zero-order valence-electron chi connectivity index (χ0n) is 16.1. The molecule has 0 atom stereocenters. The van der Waals surface area contributed by atoms with E-state index in [2.05, 4.69) is 5.16 Å². The van der Waals surface area contributed by atoms with Crippen LogP contribution in [0.5, 0.6) is 0 Å². The van der Waals surface area contributed by atoms with Crippen LogP contribution in [0.2, 0.25) is 0 Å². The summed E-state index contributed by atoms with van der Waals surface area (Å²) in [5.41, 5.74) is 2.46. The fourth-order valence-corrected chi connectivity index (χ4v) is 3.98. The number of thioether (sulfide) groups is 1. The van der Waals surface area contributed by atoms with Gasteiger partial charge in [0.25, 0.3) is 5.56 Å². The summed E-state index contributed by atoms with van der Waals surface area (Å²) in [6, 6.07) is 19.2. The quantitative estimate of drug-likeness (QED) is 0.245. The second kappa shape index (κ2) is 9.07. The fourth-order valence-electron chi connectivity index (χ4n) is 3.08. The van der Waals surface area contributed by atoms with Gasteiger partial charge >= 0.3 is 0 Å². The third kappa shape index (κ3) is 4.41. The van der Waals surface area contributed by atoms with Crippen molar-refractivity contribution in [2.24, 2.45) is 0 Å². The molecule has 0 saturated heterocycles. The summed E-state index contributed by atoms with van der Waals surface area (Å²) in [7, 11) is 1.66. The molecular formula is C22H21N3O3S. The molecule has 29 heavy (non-hydrogen) atoms. The molecule has 0 aliphatic rings. The highest BCUT2D eigenvalue weighted by atomic mass is 32.2. The molecule has 148 valence electrons. The number of ether oxygens (including phenoxy) is 1. The van der Waals surface area contributed by atoms with Gasteiger partial charge < -0.3 is 9.26 Å². The molecule has 2 heterocycles. The topological polar surface area (TPSA) is 70.2 Å². The van der Waals surface area contributed by atoms with Crippen molar-refractivity contribution in [3.63, 3.8) is 0 Å². The maximum atomic E-state index is 13.0. The maximum Gasteiger partial charge on any atom is 0.262 e. The standard InChI is InChI=1S/C22H21N3O3S/c1-27-13-7-12-25-21(26)18-10-5-6-11-19(18)23-22(25)29-15-17-14-20(28-24-17)16-8-3-2-4-9-16/h2-6,8-11,14H,7,12-13,15H2,1H3. The molecule has 4 rings (SSSR count). The van der Waals surface area contributed by atoms with Crippen molar-refractivity contribution in [2.75, 3.05) is 13.7 Å². The van der Waals surface area contributed by atoms with Crippen LogP contribution < -0.4 is 5.56 Å². The Hall–Kier alpha value is -2.90. The number of hydrogen-bond donors (Lipinski definition) is 0. The summed E-state index contributed by atoms with van der Waals surface area (Å²) in [6.45, 7) is 1.15. The van der Waals surface area contributed by atoms with E-state index in [1.165, 1.54) is 11.8 Å². The predicted octanol–water partition coefficient (Wildman–Crippen LogP) is 4.38. The zero-order chi connectivity index (χ0) is 20.1. The van der Waals surface area contributed by atoms with Crippen molar-refractivity contribution in [3.8, 4) is 11.3 Å². The average molecular weight is 407 g/mol. The normalized spacial score (nSPS) is 11.2. The molecule has 0 saturated carbocycles. The number of benzene rings is 2. The van der Waals surface area contributed by atoms with Gasteiger partial charge in [0, 0.05) is 37.6 Å². The van der Waals surface area contributed by atoms with E-state index in [4.69, 9.17) is 14.2 Å². The van der Waals surface area contributed by atoms with Crippen LogP contribution in [0.25, 0.3) is 22.2 Å². The predicted molar refractivity (Wildman–Crippen MR) is 114 cm³/mol. The lowest BCUT2D eigenvalue weighted by molar-refractivity contribution is 0.189. The van der Waals surface area contributed by atoms with Gasteiger partial charge in [0.2, 0.25) is 0 Å². The molecule has 0 spiro atoms. The SMILES string of the molecule is COCCCn1c(SCc2cc(-c3ccccc3)on2)nc2ccccc2c1=O. The van der Waals surface area contributed by atoms with Gasteiger partial charge in [0.15, 0.2) is 10.9 Å². The lowest BCUT2D eigenvalue weighted by Gasteiger charge is -2.12. The first-order valence-electron chi connectivity index (χ1n) is 9.38. The summed E-state index contributed by atoms with van der Waals surface area (Å²) in [4.78, 5) is 17.7. The van der Waals surface area contributed by atoms with Gasteiger partial charge in [-0.1, -0.05) is 59.4 Å². The lowest BCUT2D eigenvalue weighted by Crippen LogP contribution is -2.24. The van der Waals surface area contributed by atoms with Gasteiger partial charge in [-0.25, -0.2) is 4.98 Å². The van der Waals surface area contributed by atoms with Gasteiger partial charge in [0.05, 0.1) is 16.6 Å². The highest BCUT2D eigenvalue weighted by Gasteiger charge is 2.13. The number of aromatic nitrogens is 3. The average Bonchev–Trinajstić information content (AvgIpc) is 3.24. The van der Waals surface area contributed by atoms with Crippen LogP contribution in [0.1, 0.15) is 12.1 Å². The number of para-hydroxylation sites is 1. The highest BCUT2D eigenvalue weighted by molar-refractivity contribution is 7.98. The zero-order valence-corrected chi connectivity index (χ0v) is 16.9. The fraction of sp³-hybridized carbons (Fsp3) is 0.227. The Morgan fingerprint density at radius 2 is 1.90 bits per heavy atom. The smallest absolute Gasteiger partial charge is 0.262 e. The number of fused-ring (bicyclic) bond motifs is 1. The molecule has 0 bridgehead atoms. The summed E-state index contributed by atoms with van der Waals surface area (Å²) in [5, 5.41) is 5.47. The molecule has 0 radical (unpaired) electrons. The summed E-state index contributed by atoms with van der Waals surface area (Å²) in [5.74, 6) is 1.29. The van der Waals surface area contributed by atoms with E-state index in [-0.39, 0.29) is 5.56 Å². The van der Waals surface area contributed by atoms with Crippen LogP contribution in [0, 0.1) is 0 Å². The molecule has 0 aliphatic heterocycles. The highest BCUT2D eigenvalue weighted by Crippen LogP contribution is 2.25. The van der Waals surface area contributed by atoms with E-state index in [1.54, 1.807) is 11.7 Å². The molecule has 0 fully saturated rings. The lowest BCUT2D eigenvalue weighted by atomic mass is 10.2. The van der Waals surface area contributed by atoms with Crippen molar-refractivity contribution in [2.45, 2.75) is 23.9 Å². The van der Waals surface area contributed by atoms with E-state index in [0.717, 1.165) is 23.4 Å². The molecule has 0 amide bonds.